The Morgan fingerprint density at radius 3 is 2.31 bits per heavy atom. The van der Waals surface area contributed by atoms with Crippen LogP contribution in [0.4, 0.5) is 26.3 Å². The molecular formula is C28H30F6O. The lowest BCUT2D eigenvalue weighted by Crippen LogP contribution is -2.20. The first kappa shape index (κ1) is 25.6. The van der Waals surface area contributed by atoms with E-state index < -0.39 is 23.7 Å². The van der Waals surface area contributed by atoms with E-state index in [1.54, 1.807) is 12.1 Å². The molecule has 4 rings (SSSR count). The summed E-state index contributed by atoms with van der Waals surface area (Å²) < 4.78 is 84.9. The number of fused-ring (bicyclic) bond motifs is 1. The predicted molar refractivity (Wildman–Crippen MR) is 124 cm³/mol. The fourth-order valence-electron chi connectivity index (χ4n) is 5.50. The Bertz CT molecular complexity index is 1080. The van der Waals surface area contributed by atoms with Gasteiger partial charge in [0.15, 0.2) is 11.6 Å². The van der Waals surface area contributed by atoms with Crippen molar-refractivity contribution in [3.8, 4) is 5.75 Å². The third-order valence-corrected chi connectivity index (χ3v) is 7.38. The van der Waals surface area contributed by atoms with Crippen molar-refractivity contribution in [2.24, 2.45) is 5.92 Å². The van der Waals surface area contributed by atoms with Crippen LogP contribution in [0.15, 0.2) is 24.3 Å². The second-order valence-corrected chi connectivity index (χ2v) is 9.74. The summed E-state index contributed by atoms with van der Waals surface area (Å²) >= 11 is 0. The third kappa shape index (κ3) is 6.04. The van der Waals surface area contributed by atoms with Crippen LogP contribution in [0.25, 0.3) is 11.6 Å². The summed E-state index contributed by atoms with van der Waals surface area (Å²) in [7, 11) is 0. The van der Waals surface area contributed by atoms with Gasteiger partial charge in [-0.3, -0.25) is 0 Å². The summed E-state index contributed by atoms with van der Waals surface area (Å²) in [4.78, 5) is 0. The van der Waals surface area contributed by atoms with E-state index in [2.05, 4.69) is 11.7 Å². The zero-order valence-corrected chi connectivity index (χ0v) is 19.8. The number of ether oxygens (including phenoxy) is 1. The van der Waals surface area contributed by atoms with Crippen LogP contribution in [-0.4, -0.2) is 6.36 Å². The van der Waals surface area contributed by atoms with Crippen molar-refractivity contribution in [2.75, 3.05) is 0 Å². The number of rotatable bonds is 7. The van der Waals surface area contributed by atoms with Crippen molar-refractivity contribution >= 4 is 11.6 Å². The third-order valence-electron chi connectivity index (χ3n) is 7.38. The molecule has 0 bridgehead atoms. The number of hydrogen-bond acceptors (Lipinski definition) is 1. The Labute approximate surface area is 202 Å². The van der Waals surface area contributed by atoms with E-state index in [4.69, 9.17) is 0 Å². The predicted octanol–water partition coefficient (Wildman–Crippen LogP) is 9.34. The largest absolute Gasteiger partial charge is 0.573 e. The van der Waals surface area contributed by atoms with Gasteiger partial charge in [-0.1, -0.05) is 50.8 Å². The highest BCUT2D eigenvalue weighted by atomic mass is 19.4. The van der Waals surface area contributed by atoms with Crippen LogP contribution in [0, 0.1) is 23.4 Å². The normalized spacial score (nSPS) is 20.4. The highest BCUT2D eigenvalue weighted by Gasteiger charge is 2.35. The van der Waals surface area contributed by atoms with E-state index in [-0.39, 0.29) is 29.8 Å². The van der Waals surface area contributed by atoms with Crippen LogP contribution in [0.1, 0.15) is 92.9 Å². The molecule has 1 nitrogen and oxygen atoms in total. The number of hydrogen-bond donors (Lipinski definition) is 0. The summed E-state index contributed by atoms with van der Waals surface area (Å²) in [6.45, 7) is 2.21. The number of allylic oxidation sites excluding steroid dienone is 1. The van der Waals surface area contributed by atoms with Gasteiger partial charge in [-0.05, 0) is 84.8 Å². The molecule has 35 heavy (non-hydrogen) atoms. The van der Waals surface area contributed by atoms with Gasteiger partial charge in [0.2, 0.25) is 5.75 Å². The molecule has 2 aliphatic carbocycles. The standard InChI is InChI=1S/C28H30F6O/c1-2-3-4-5-17-6-8-18(9-7-17)19-10-12-22(24(29)15-19)20-11-13-23-21(14-20)16-25(30)27(26(23)31)35-28(32,33)34/h10,12,14-18H,2-9,11,13H2,1H3. The number of alkyl halides is 3. The topological polar surface area (TPSA) is 9.23 Å². The van der Waals surface area contributed by atoms with Crippen LogP contribution < -0.4 is 4.74 Å². The fourth-order valence-corrected chi connectivity index (χ4v) is 5.50. The minimum Gasteiger partial charge on any atom is -0.399 e. The quantitative estimate of drug-likeness (QED) is 0.274. The van der Waals surface area contributed by atoms with Gasteiger partial charge in [-0.2, -0.15) is 0 Å². The minimum absolute atomic E-state index is 0.0186. The maximum absolute atomic E-state index is 15.1. The van der Waals surface area contributed by atoms with Crippen molar-refractivity contribution in [2.45, 2.75) is 83.4 Å². The molecule has 0 spiro atoms. The van der Waals surface area contributed by atoms with Crippen molar-refractivity contribution in [1.82, 2.24) is 0 Å². The maximum atomic E-state index is 15.1. The number of unbranched alkanes of at least 4 members (excludes halogenated alkanes) is 2. The highest BCUT2D eigenvalue weighted by molar-refractivity contribution is 5.85. The molecule has 0 unspecified atom stereocenters. The Kier molecular flexibility index (Phi) is 7.82. The fraction of sp³-hybridized carbons (Fsp3) is 0.500. The van der Waals surface area contributed by atoms with Crippen LogP contribution in [0.2, 0.25) is 0 Å². The van der Waals surface area contributed by atoms with Gasteiger partial charge < -0.3 is 4.74 Å². The molecule has 7 heteroatoms. The molecule has 0 atom stereocenters. The molecule has 0 saturated heterocycles. The van der Waals surface area contributed by atoms with E-state index in [0.29, 0.717) is 17.1 Å². The van der Waals surface area contributed by atoms with Crippen LogP contribution in [-0.2, 0) is 6.42 Å². The Morgan fingerprint density at radius 2 is 1.66 bits per heavy atom. The van der Waals surface area contributed by atoms with Gasteiger partial charge in [0.25, 0.3) is 0 Å². The van der Waals surface area contributed by atoms with Gasteiger partial charge in [0.05, 0.1) is 0 Å². The zero-order valence-electron chi connectivity index (χ0n) is 19.8. The molecule has 0 aliphatic heterocycles. The molecule has 0 N–H and O–H groups in total. The number of benzene rings is 2. The summed E-state index contributed by atoms with van der Waals surface area (Å²) in [5.41, 5.74) is 1.91. The lowest BCUT2D eigenvalue weighted by Gasteiger charge is -2.29. The number of halogens is 6. The van der Waals surface area contributed by atoms with Crippen LogP contribution in [0.3, 0.4) is 0 Å². The monoisotopic (exact) mass is 496 g/mol. The molecule has 0 amide bonds. The van der Waals surface area contributed by atoms with Gasteiger partial charge >= 0.3 is 6.36 Å². The molecule has 0 aromatic heterocycles. The first-order chi connectivity index (χ1) is 16.7. The van der Waals surface area contributed by atoms with E-state index in [1.165, 1.54) is 31.8 Å². The Morgan fingerprint density at radius 1 is 0.914 bits per heavy atom. The van der Waals surface area contributed by atoms with Gasteiger partial charge in [-0.15, -0.1) is 13.2 Å². The average Bonchev–Trinajstić information content (AvgIpc) is 2.81. The molecule has 2 aromatic carbocycles. The van der Waals surface area contributed by atoms with Crippen molar-refractivity contribution in [3.05, 3.63) is 64.0 Å². The van der Waals surface area contributed by atoms with E-state index >= 15 is 4.39 Å². The molecule has 2 aromatic rings. The van der Waals surface area contributed by atoms with E-state index in [0.717, 1.165) is 43.2 Å². The smallest absolute Gasteiger partial charge is 0.399 e. The summed E-state index contributed by atoms with van der Waals surface area (Å²) in [6.07, 6.45) is 5.95. The van der Waals surface area contributed by atoms with Crippen LogP contribution >= 0.6 is 0 Å². The second-order valence-electron chi connectivity index (χ2n) is 9.74. The lowest BCUT2D eigenvalue weighted by molar-refractivity contribution is -0.276. The molecule has 1 saturated carbocycles. The van der Waals surface area contributed by atoms with Gasteiger partial charge in [-0.25, -0.2) is 13.2 Å². The summed E-state index contributed by atoms with van der Waals surface area (Å²) in [5, 5.41) is 0. The average molecular weight is 497 g/mol. The minimum atomic E-state index is -5.20. The van der Waals surface area contributed by atoms with E-state index in [1.807, 2.05) is 6.07 Å². The first-order valence-electron chi connectivity index (χ1n) is 12.4. The molecule has 190 valence electrons. The van der Waals surface area contributed by atoms with Crippen molar-refractivity contribution < 1.29 is 31.1 Å². The second kappa shape index (κ2) is 10.7. The van der Waals surface area contributed by atoms with Gasteiger partial charge in [0, 0.05) is 5.56 Å². The maximum Gasteiger partial charge on any atom is 0.573 e. The molecule has 1 fully saturated rings. The van der Waals surface area contributed by atoms with E-state index in [9.17, 15) is 22.0 Å². The molecule has 0 radical (unpaired) electrons. The first-order valence-corrected chi connectivity index (χ1v) is 12.4. The van der Waals surface area contributed by atoms with Crippen molar-refractivity contribution in [1.29, 1.82) is 0 Å². The van der Waals surface area contributed by atoms with Crippen LogP contribution in [0.5, 0.6) is 5.75 Å². The summed E-state index contributed by atoms with van der Waals surface area (Å²) in [6, 6.07) is 6.01. The SMILES string of the molecule is CCCCCC1CCC(c2ccc(C3=Cc4cc(F)c(OC(F)(F)F)c(F)c4CC3)c(F)c2)CC1. The van der Waals surface area contributed by atoms with Crippen molar-refractivity contribution in [3.63, 3.8) is 0 Å². The molecule has 2 aliphatic rings. The lowest BCUT2D eigenvalue weighted by atomic mass is 9.76. The molecule has 0 heterocycles. The Balaban J connectivity index is 1.49. The zero-order chi connectivity index (χ0) is 25.2. The highest BCUT2D eigenvalue weighted by Crippen LogP contribution is 2.41. The van der Waals surface area contributed by atoms with Gasteiger partial charge in [0.1, 0.15) is 5.82 Å². The molecular weight excluding hydrogens is 466 g/mol. The summed E-state index contributed by atoms with van der Waals surface area (Å²) in [5.74, 6) is -3.57. The Hall–Kier alpha value is -2.44.